The third kappa shape index (κ3) is 6.06. The lowest BCUT2D eigenvalue weighted by atomic mass is 10.1. The lowest BCUT2D eigenvalue weighted by Crippen LogP contribution is -2.43. The van der Waals surface area contributed by atoms with Gasteiger partial charge in [0.05, 0.1) is 17.7 Å². The van der Waals surface area contributed by atoms with Gasteiger partial charge in [-0.05, 0) is 42.0 Å². The summed E-state index contributed by atoms with van der Waals surface area (Å²) in [5.41, 5.74) is 1.17. The van der Waals surface area contributed by atoms with Gasteiger partial charge in [0.25, 0.3) is 5.91 Å². The minimum absolute atomic E-state index is 0.0695. The van der Waals surface area contributed by atoms with Gasteiger partial charge in [0, 0.05) is 13.1 Å². The van der Waals surface area contributed by atoms with E-state index in [4.69, 9.17) is 4.42 Å². The summed E-state index contributed by atoms with van der Waals surface area (Å²) in [6, 6.07) is 17.4. The third-order valence-corrected chi connectivity index (χ3v) is 5.49. The number of thiophene rings is 1. The number of furan rings is 1. The normalized spacial score (nSPS) is 10.7. The summed E-state index contributed by atoms with van der Waals surface area (Å²) in [5.74, 6) is 0.574. The molecule has 2 amide bonds. The van der Waals surface area contributed by atoms with Gasteiger partial charge in [0.2, 0.25) is 5.91 Å². The topological polar surface area (TPSA) is 53.8 Å². The molecule has 0 saturated heterocycles. The first kappa shape index (κ1) is 20.9. The first-order valence-electron chi connectivity index (χ1n) is 9.84. The standard InChI is InChI=1S/C23H26N2O3S/c1-2-13-25(23(27)21-11-7-16-29-21)18-22(26)24(17-20-10-6-15-28-20)14-12-19-8-4-3-5-9-19/h3-11,15-16H,2,12-14,17-18H2,1H3. The fourth-order valence-electron chi connectivity index (χ4n) is 3.13. The molecule has 0 N–H and O–H groups in total. The molecule has 29 heavy (non-hydrogen) atoms. The van der Waals surface area contributed by atoms with Crippen LogP contribution in [0.5, 0.6) is 0 Å². The van der Waals surface area contributed by atoms with Crippen LogP contribution in [-0.2, 0) is 17.8 Å². The molecule has 0 saturated carbocycles. The van der Waals surface area contributed by atoms with E-state index >= 15 is 0 Å². The van der Waals surface area contributed by atoms with Crippen molar-refractivity contribution >= 4 is 23.2 Å². The van der Waals surface area contributed by atoms with E-state index in [9.17, 15) is 9.59 Å². The second-order valence-corrected chi connectivity index (χ2v) is 7.78. The molecule has 2 aromatic heterocycles. The van der Waals surface area contributed by atoms with E-state index in [1.807, 2.05) is 48.7 Å². The first-order chi connectivity index (χ1) is 14.2. The molecule has 3 rings (SSSR count). The number of carbonyl (C=O) groups excluding carboxylic acids is 2. The highest BCUT2D eigenvalue weighted by Crippen LogP contribution is 2.14. The van der Waals surface area contributed by atoms with Crippen molar-refractivity contribution < 1.29 is 14.0 Å². The molecule has 0 aliphatic carbocycles. The van der Waals surface area contributed by atoms with Crippen molar-refractivity contribution in [2.24, 2.45) is 0 Å². The van der Waals surface area contributed by atoms with Crippen LogP contribution in [0.2, 0.25) is 0 Å². The SMILES string of the molecule is CCCN(CC(=O)N(CCc1ccccc1)Cc1ccco1)C(=O)c1cccs1. The zero-order chi connectivity index (χ0) is 20.5. The van der Waals surface area contributed by atoms with Gasteiger partial charge in [-0.1, -0.05) is 43.3 Å². The van der Waals surface area contributed by atoms with Crippen LogP contribution in [0.15, 0.2) is 70.7 Å². The maximum absolute atomic E-state index is 13.1. The van der Waals surface area contributed by atoms with Crippen LogP contribution in [0.25, 0.3) is 0 Å². The van der Waals surface area contributed by atoms with Crippen LogP contribution in [0.3, 0.4) is 0 Å². The highest BCUT2D eigenvalue weighted by molar-refractivity contribution is 7.12. The van der Waals surface area contributed by atoms with E-state index in [2.05, 4.69) is 12.1 Å². The lowest BCUT2D eigenvalue weighted by molar-refractivity contribution is -0.132. The number of hydrogen-bond donors (Lipinski definition) is 0. The van der Waals surface area contributed by atoms with Gasteiger partial charge in [-0.25, -0.2) is 0 Å². The summed E-state index contributed by atoms with van der Waals surface area (Å²) in [6.45, 7) is 3.59. The van der Waals surface area contributed by atoms with Gasteiger partial charge in [-0.3, -0.25) is 9.59 Å². The Hall–Kier alpha value is -2.86. The molecule has 6 heteroatoms. The molecule has 5 nitrogen and oxygen atoms in total. The number of benzene rings is 1. The molecule has 0 spiro atoms. The molecule has 3 aromatic rings. The fraction of sp³-hybridized carbons (Fsp3) is 0.304. The van der Waals surface area contributed by atoms with Gasteiger partial charge in [0.1, 0.15) is 12.3 Å². The van der Waals surface area contributed by atoms with E-state index in [0.717, 1.165) is 18.6 Å². The van der Waals surface area contributed by atoms with Crippen molar-refractivity contribution in [3.8, 4) is 0 Å². The summed E-state index contributed by atoms with van der Waals surface area (Å²) < 4.78 is 5.45. The van der Waals surface area contributed by atoms with Crippen molar-refractivity contribution in [2.45, 2.75) is 26.3 Å². The summed E-state index contributed by atoms with van der Waals surface area (Å²) >= 11 is 1.40. The Balaban J connectivity index is 1.70. The van der Waals surface area contributed by atoms with Crippen LogP contribution in [0, 0.1) is 0 Å². The zero-order valence-corrected chi connectivity index (χ0v) is 17.4. The number of carbonyl (C=O) groups is 2. The zero-order valence-electron chi connectivity index (χ0n) is 16.6. The first-order valence-corrected chi connectivity index (χ1v) is 10.7. The number of nitrogens with zero attached hydrogens (tertiary/aromatic N) is 2. The van der Waals surface area contributed by atoms with Crippen molar-refractivity contribution in [3.63, 3.8) is 0 Å². The summed E-state index contributed by atoms with van der Waals surface area (Å²) in [5, 5.41) is 1.88. The molecule has 0 aliphatic rings. The second-order valence-electron chi connectivity index (χ2n) is 6.83. The average molecular weight is 411 g/mol. The Labute approximate surface area is 175 Å². The third-order valence-electron chi connectivity index (χ3n) is 4.63. The Bertz CT molecular complexity index is 876. The Morgan fingerprint density at radius 2 is 1.79 bits per heavy atom. The maximum atomic E-state index is 13.1. The van der Waals surface area contributed by atoms with Gasteiger partial charge >= 0.3 is 0 Å². The molecule has 0 bridgehead atoms. The second kappa shape index (κ2) is 10.6. The largest absolute Gasteiger partial charge is 0.467 e. The van der Waals surface area contributed by atoms with E-state index in [-0.39, 0.29) is 18.4 Å². The summed E-state index contributed by atoms with van der Waals surface area (Å²) in [6.07, 6.45) is 3.16. The minimum atomic E-state index is -0.0868. The van der Waals surface area contributed by atoms with E-state index in [1.54, 1.807) is 22.1 Å². The van der Waals surface area contributed by atoms with Crippen LogP contribution >= 0.6 is 11.3 Å². The Morgan fingerprint density at radius 3 is 2.45 bits per heavy atom. The maximum Gasteiger partial charge on any atom is 0.264 e. The van der Waals surface area contributed by atoms with E-state index in [1.165, 1.54) is 16.9 Å². The molecular weight excluding hydrogens is 384 g/mol. The molecular formula is C23H26N2O3S. The summed E-state index contributed by atoms with van der Waals surface area (Å²) in [7, 11) is 0. The molecule has 0 fully saturated rings. The highest BCUT2D eigenvalue weighted by atomic mass is 32.1. The summed E-state index contributed by atoms with van der Waals surface area (Å²) in [4.78, 5) is 30.0. The van der Waals surface area contributed by atoms with Crippen LogP contribution < -0.4 is 0 Å². The van der Waals surface area contributed by atoms with Crippen molar-refractivity contribution in [1.29, 1.82) is 0 Å². The Kier molecular flexibility index (Phi) is 7.64. The van der Waals surface area contributed by atoms with Crippen molar-refractivity contribution in [3.05, 3.63) is 82.4 Å². The molecule has 0 unspecified atom stereocenters. The molecule has 0 atom stereocenters. The van der Waals surface area contributed by atoms with Crippen molar-refractivity contribution in [2.75, 3.05) is 19.6 Å². The molecule has 0 aliphatic heterocycles. The average Bonchev–Trinajstić information content (AvgIpc) is 3.45. The number of hydrogen-bond acceptors (Lipinski definition) is 4. The Morgan fingerprint density at radius 1 is 0.966 bits per heavy atom. The molecule has 2 heterocycles. The smallest absolute Gasteiger partial charge is 0.264 e. The van der Waals surface area contributed by atoms with Crippen LogP contribution in [0.4, 0.5) is 0 Å². The monoisotopic (exact) mass is 410 g/mol. The van der Waals surface area contributed by atoms with Crippen LogP contribution in [0.1, 0.15) is 34.3 Å². The molecule has 152 valence electrons. The predicted molar refractivity (Wildman–Crippen MR) is 115 cm³/mol. The number of amides is 2. The highest BCUT2D eigenvalue weighted by Gasteiger charge is 2.23. The van der Waals surface area contributed by atoms with Gasteiger partial charge in [0.15, 0.2) is 0 Å². The predicted octanol–water partition coefficient (Wildman–Crippen LogP) is 4.46. The number of rotatable bonds is 10. The molecule has 0 radical (unpaired) electrons. The minimum Gasteiger partial charge on any atom is -0.467 e. The van der Waals surface area contributed by atoms with E-state index < -0.39 is 0 Å². The van der Waals surface area contributed by atoms with Crippen molar-refractivity contribution in [1.82, 2.24) is 9.80 Å². The lowest BCUT2D eigenvalue weighted by Gasteiger charge is -2.27. The van der Waals surface area contributed by atoms with Gasteiger partial charge in [-0.15, -0.1) is 11.3 Å². The quantitative estimate of drug-likeness (QED) is 0.496. The van der Waals surface area contributed by atoms with E-state index in [0.29, 0.717) is 24.5 Å². The molecule has 1 aromatic carbocycles. The van der Waals surface area contributed by atoms with Gasteiger partial charge < -0.3 is 14.2 Å². The van der Waals surface area contributed by atoms with Gasteiger partial charge in [-0.2, -0.15) is 0 Å². The fourth-order valence-corrected chi connectivity index (χ4v) is 3.82. The van der Waals surface area contributed by atoms with Crippen LogP contribution in [-0.4, -0.2) is 41.2 Å².